The minimum Gasteiger partial charge on any atom is -0.393 e. The van der Waals surface area contributed by atoms with Crippen molar-refractivity contribution in [3.63, 3.8) is 0 Å². The number of halogens is 1. The fraction of sp³-hybridized carbons (Fsp3) is 0.615. The summed E-state index contributed by atoms with van der Waals surface area (Å²) in [5.41, 5.74) is 4.18. The van der Waals surface area contributed by atoms with Crippen LogP contribution in [0.4, 0.5) is 0 Å². The predicted octanol–water partition coefficient (Wildman–Crippen LogP) is 6.13. The van der Waals surface area contributed by atoms with Gasteiger partial charge in [0, 0.05) is 9.89 Å². The molecule has 3 heteroatoms. The zero-order valence-electron chi connectivity index (χ0n) is 17.6. The van der Waals surface area contributed by atoms with E-state index in [4.69, 9.17) is 0 Å². The highest BCUT2D eigenvalue weighted by molar-refractivity contribution is 9.10. The minimum absolute atomic E-state index is 0.00174. The van der Waals surface area contributed by atoms with Gasteiger partial charge in [-0.1, -0.05) is 59.6 Å². The molecule has 2 nitrogen and oxygen atoms in total. The number of aliphatic hydroxyl groups excluding tert-OH is 2. The van der Waals surface area contributed by atoms with Crippen LogP contribution in [0, 0.1) is 28.6 Å². The first-order chi connectivity index (χ1) is 13.8. The topological polar surface area (TPSA) is 40.5 Å². The number of hydrogen-bond donors (Lipinski definition) is 2. The second kappa shape index (κ2) is 7.07. The van der Waals surface area contributed by atoms with E-state index in [1.807, 2.05) is 0 Å². The SMILES string of the molecule is CC12CCC(O)CC1=CCC1C2CCC2(C)C(O)/C(=C\c3ccc(Br)cc3)CC12. The van der Waals surface area contributed by atoms with Crippen LogP contribution in [-0.2, 0) is 0 Å². The molecule has 5 rings (SSSR count). The van der Waals surface area contributed by atoms with Gasteiger partial charge in [0.05, 0.1) is 12.2 Å². The first kappa shape index (κ1) is 20.0. The Bertz CT molecular complexity index is 856. The first-order valence-corrected chi connectivity index (χ1v) is 12.1. The lowest BCUT2D eigenvalue weighted by molar-refractivity contribution is -0.0685. The molecule has 3 fully saturated rings. The molecule has 4 aliphatic rings. The summed E-state index contributed by atoms with van der Waals surface area (Å²) in [6.07, 6.45) is 11.6. The molecule has 0 aliphatic heterocycles. The van der Waals surface area contributed by atoms with E-state index in [2.05, 4.69) is 66.2 Å². The van der Waals surface area contributed by atoms with E-state index in [1.54, 1.807) is 0 Å². The second-order valence-corrected chi connectivity index (χ2v) is 11.5. The van der Waals surface area contributed by atoms with Crippen LogP contribution in [0.3, 0.4) is 0 Å². The van der Waals surface area contributed by atoms with Gasteiger partial charge in [-0.25, -0.2) is 0 Å². The van der Waals surface area contributed by atoms with E-state index in [-0.39, 0.29) is 23.0 Å². The van der Waals surface area contributed by atoms with E-state index in [0.29, 0.717) is 17.8 Å². The van der Waals surface area contributed by atoms with Gasteiger partial charge < -0.3 is 10.2 Å². The number of hydrogen-bond acceptors (Lipinski definition) is 2. The molecular weight excluding hydrogens is 424 g/mol. The Morgan fingerprint density at radius 1 is 1.00 bits per heavy atom. The number of fused-ring (bicyclic) bond motifs is 5. The maximum atomic E-state index is 11.4. The van der Waals surface area contributed by atoms with Crippen molar-refractivity contribution >= 4 is 22.0 Å². The van der Waals surface area contributed by atoms with Crippen molar-refractivity contribution in [1.29, 1.82) is 0 Å². The smallest absolute Gasteiger partial charge is 0.0809 e. The van der Waals surface area contributed by atoms with Gasteiger partial charge in [-0.2, -0.15) is 0 Å². The minimum atomic E-state index is -0.330. The Labute approximate surface area is 183 Å². The Morgan fingerprint density at radius 2 is 1.76 bits per heavy atom. The van der Waals surface area contributed by atoms with Crippen molar-refractivity contribution in [2.75, 3.05) is 0 Å². The monoisotopic (exact) mass is 456 g/mol. The summed E-state index contributed by atoms with van der Waals surface area (Å²) in [6.45, 7) is 4.81. The Hall–Kier alpha value is -0.900. The van der Waals surface area contributed by atoms with Crippen molar-refractivity contribution < 1.29 is 10.2 Å². The lowest BCUT2D eigenvalue weighted by Crippen LogP contribution is -2.51. The van der Waals surface area contributed by atoms with Gasteiger partial charge >= 0.3 is 0 Å². The molecule has 0 bridgehead atoms. The Kier molecular flexibility index (Phi) is 4.88. The van der Waals surface area contributed by atoms with Crippen LogP contribution in [0.1, 0.15) is 64.4 Å². The fourth-order valence-electron chi connectivity index (χ4n) is 7.41. The highest BCUT2D eigenvalue weighted by Gasteiger charge is 2.59. The van der Waals surface area contributed by atoms with Crippen LogP contribution in [0.25, 0.3) is 6.08 Å². The Morgan fingerprint density at radius 3 is 2.52 bits per heavy atom. The number of benzene rings is 1. The third-order valence-corrected chi connectivity index (χ3v) is 9.70. The zero-order valence-corrected chi connectivity index (χ0v) is 19.2. The van der Waals surface area contributed by atoms with E-state index in [1.165, 1.54) is 23.1 Å². The molecule has 7 unspecified atom stereocenters. The molecule has 7 atom stereocenters. The van der Waals surface area contributed by atoms with Gasteiger partial charge in [0.2, 0.25) is 0 Å². The molecule has 4 aliphatic carbocycles. The lowest BCUT2D eigenvalue weighted by Gasteiger charge is -2.57. The van der Waals surface area contributed by atoms with Crippen molar-refractivity contribution in [2.45, 2.75) is 71.0 Å². The summed E-state index contributed by atoms with van der Waals surface area (Å²) in [5.74, 6) is 1.91. The van der Waals surface area contributed by atoms with Gasteiger partial charge in [-0.05, 0) is 91.4 Å². The molecule has 0 heterocycles. The van der Waals surface area contributed by atoms with E-state index in [9.17, 15) is 10.2 Å². The molecule has 3 saturated carbocycles. The maximum absolute atomic E-state index is 11.4. The molecule has 0 spiro atoms. The lowest BCUT2D eigenvalue weighted by atomic mass is 9.48. The van der Waals surface area contributed by atoms with Crippen LogP contribution >= 0.6 is 15.9 Å². The molecule has 29 heavy (non-hydrogen) atoms. The fourth-order valence-corrected chi connectivity index (χ4v) is 7.68. The second-order valence-electron chi connectivity index (χ2n) is 10.6. The average molecular weight is 457 g/mol. The molecule has 1 aromatic carbocycles. The van der Waals surface area contributed by atoms with Gasteiger partial charge in [-0.15, -0.1) is 0 Å². The van der Waals surface area contributed by atoms with E-state index < -0.39 is 0 Å². The highest BCUT2D eigenvalue weighted by Crippen LogP contribution is 2.65. The highest BCUT2D eigenvalue weighted by atomic mass is 79.9. The normalized spacial score (nSPS) is 45.3. The van der Waals surface area contributed by atoms with Gasteiger partial charge in [0.1, 0.15) is 0 Å². The van der Waals surface area contributed by atoms with Crippen molar-refractivity contribution in [1.82, 2.24) is 0 Å². The molecular formula is C26H33BrO2. The summed E-state index contributed by atoms with van der Waals surface area (Å²) in [4.78, 5) is 0. The van der Waals surface area contributed by atoms with Gasteiger partial charge in [-0.3, -0.25) is 0 Å². The van der Waals surface area contributed by atoms with Crippen LogP contribution in [0.15, 0.2) is 46.0 Å². The molecule has 0 saturated heterocycles. The van der Waals surface area contributed by atoms with Crippen molar-refractivity contribution in [2.24, 2.45) is 28.6 Å². The Balaban J connectivity index is 1.46. The zero-order chi connectivity index (χ0) is 20.4. The molecule has 0 amide bonds. The van der Waals surface area contributed by atoms with Gasteiger partial charge in [0.15, 0.2) is 0 Å². The van der Waals surface area contributed by atoms with Crippen LogP contribution < -0.4 is 0 Å². The number of aliphatic hydroxyl groups is 2. The van der Waals surface area contributed by atoms with E-state index in [0.717, 1.165) is 43.0 Å². The summed E-state index contributed by atoms with van der Waals surface area (Å²) in [5, 5.41) is 21.5. The third-order valence-electron chi connectivity index (χ3n) is 9.17. The predicted molar refractivity (Wildman–Crippen MR) is 121 cm³/mol. The van der Waals surface area contributed by atoms with Crippen LogP contribution in [0.5, 0.6) is 0 Å². The molecule has 2 N–H and O–H groups in total. The first-order valence-electron chi connectivity index (χ1n) is 11.3. The number of allylic oxidation sites excluding steroid dienone is 1. The average Bonchev–Trinajstić information content (AvgIpc) is 2.95. The summed E-state index contributed by atoms with van der Waals surface area (Å²) < 4.78 is 1.09. The van der Waals surface area contributed by atoms with Crippen molar-refractivity contribution in [3.8, 4) is 0 Å². The molecule has 0 radical (unpaired) electrons. The largest absolute Gasteiger partial charge is 0.393 e. The molecule has 1 aromatic rings. The summed E-state index contributed by atoms with van der Waals surface area (Å²) in [7, 11) is 0. The van der Waals surface area contributed by atoms with Gasteiger partial charge in [0.25, 0.3) is 0 Å². The standard InChI is InChI=1S/C26H33BrO2/c1-25-11-9-20(28)15-18(25)5-8-21-22(25)10-12-26(2)23(21)14-17(24(26)29)13-16-3-6-19(27)7-4-16/h3-7,13,20-24,28-29H,8-12,14-15H2,1-2H3/b17-13-. The van der Waals surface area contributed by atoms with Crippen molar-refractivity contribution in [3.05, 3.63) is 51.5 Å². The van der Waals surface area contributed by atoms with E-state index >= 15 is 0 Å². The quantitative estimate of drug-likeness (QED) is 0.499. The molecule has 156 valence electrons. The summed E-state index contributed by atoms with van der Waals surface area (Å²) >= 11 is 3.51. The summed E-state index contributed by atoms with van der Waals surface area (Å²) in [6, 6.07) is 8.40. The molecule has 0 aromatic heterocycles. The third kappa shape index (κ3) is 3.11. The maximum Gasteiger partial charge on any atom is 0.0809 e. The number of rotatable bonds is 1. The van der Waals surface area contributed by atoms with Crippen LogP contribution in [-0.4, -0.2) is 22.4 Å². The van der Waals surface area contributed by atoms with Crippen LogP contribution in [0.2, 0.25) is 0 Å².